The molecule has 0 aliphatic carbocycles. The Hall–Kier alpha value is -1.94. The molecule has 1 aromatic heterocycles. The third-order valence-corrected chi connectivity index (χ3v) is 4.41. The SMILES string of the molecule is CCOC(=O)c1cn[nH]c1S(=O)(=O)NC(C)(C)CCC(=O)O. The number of esters is 1. The molecule has 0 atom stereocenters. The van der Waals surface area contributed by atoms with Crippen LogP contribution in [0.5, 0.6) is 0 Å². The third kappa shape index (κ3) is 4.81. The Morgan fingerprint density at radius 1 is 1.45 bits per heavy atom. The Kier molecular flexibility index (Phi) is 5.66. The highest BCUT2D eigenvalue weighted by atomic mass is 32.2. The molecule has 0 unspecified atom stereocenters. The zero-order chi connectivity index (χ0) is 17.0. The largest absolute Gasteiger partial charge is 0.481 e. The van der Waals surface area contributed by atoms with Gasteiger partial charge in [0.25, 0.3) is 10.0 Å². The summed E-state index contributed by atoms with van der Waals surface area (Å²) in [5.74, 6) is -1.83. The van der Waals surface area contributed by atoms with Gasteiger partial charge in [0.15, 0.2) is 5.03 Å². The lowest BCUT2D eigenvalue weighted by Gasteiger charge is -2.24. The van der Waals surface area contributed by atoms with Crippen LogP contribution in [0.4, 0.5) is 0 Å². The predicted molar refractivity (Wildman–Crippen MR) is 75.8 cm³/mol. The number of nitrogens with one attached hydrogen (secondary N) is 2. The monoisotopic (exact) mass is 333 g/mol. The van der Waals surface area contributed by atoms with Gasteiger partial charge in [-0.3, -0.25) is 9.89 Å². The lowest BCUT2D eigenvalue weighted by Crippen LogP contribution is -2.44. The molecular weight excluding hydrogens is 314 g/mol. The molecule has 124 valence electrons. The maximum absolute atomic E-state index is 12.3. The summed E-state index contributed by atoms with van der Waals surface area (Å²) in [5.41, 5.74) is -1.21. The molecule has 0 aliphatic heterocycles. The second kappa shape index (κ2) is 6.88. The number of carboxylic acids is 1. The summed E-state index contributed by atoms with van der Waals surface area (Å²) in [6.45, 7) is 4.79. The van der Waals surface area contributed by atoms with Crippen molar-refractivity contribution < 1.29 is 27.9 Å². The smallest absolute Gasteiger partial charge is 0.342 e. The van der Waals surface area contributed by atoms with Gasteiger partial charge in [-0.1, -0.05) is 0 Å². The van der Waals surface area contributed by atoms with E-state index in [4.69, 9.17) is 9.84 Å². The van der Waals surface area contributed by atoms with E-state index in [0.717, 1.165) is 6.20 Å². The van der Waals surface area contributed by atoms with E-state index in [1.165, 1.54) is 0 Å². The first-order valence-electron chi connectivity index (χ1n) is 6.55. The van der Waals surface area contributed by atoms with Crippen molar-refractivity contribution in [3.63, 3.8) is 0 Å². The molecule has 1 heterocycles. The number of sulfonamides is 1. The number of aromatic nitrogens is 2. The normalized spacial score (nSPS) is 12.1. The van der Waals surface area contributed by atoms with Crippen LogP contribution in [-0.2, 0) is 19.6 Å². The average Bonchev–Trinajstić information content (AvgIpc) is 2.85. The fraction of sp³-hybridized carbons (Fsp3) is 0.583. The van der Waals surface area contributed by atoms with E-state index in [1.807, 2.05) is 0 Å². The minimum atomic E-state index is -4.08. The molecule has 0 spiro atoms. The number of nitrogens with zero attached hydrogens (tertiary/aromatic N) is 1. The number of aliphatic carboxylic acids is 1. The standard InChI is InChI=1S/C12H19N3O6S/c1-4-21-11(18)8-7-13-14-10(8)22(19,20)15-12(2,3)6-5-9(16)17/h7,15H,4-6H2,1-3H3,(H,13,14)(H,16,17). The van der Waals surface area contributed by atoms with Crippen LogP contribution in [0.3, 0.4) is 0 Å². The zero-order valence-electron chi connectivity index (χ0n) is 12.5. The summed E-state index contributed by atoms with van der Waals surface area (Å²) < 4.78 is 31.8. The van der Waals surface area contributed by atoms with Crippen LogP contribution in [0.1, 0.15) is 44.0 Å². The van der Waals surface area contributed by atoms with E-state index < -0.39 is 32.5 Å². The van der Waals surface area contributed by atoms with Crippen LogP contribution in [-0.4, -0.2) is 47.8 Å². The second-order valence-corrected chi connectivity index (χ2v) is 6.84. The van der Waals surface area contributed by atoms with Gasteiger partial charge in [-0.05, 0) is 27.2 Å². The van der Waals surface area contributed by atoms with Crippen molar-refractivity contribution in [1.29, 1.82) is 0 Å². The van der Waals surface area contributed by atoms with Crippen molar-refractivity contribution in [1.82, 2.24) is 14.9 Å². The fourth-order valence-electron chi connectivity index (χ4n) is 1.72. The van der Waals surface area contributed by atoms with Crippen LogP contribution in [0.2, 0.25) is 0 Å². The highest BCUT2D eigenvalue weighted by Gasteiger charge is 2.31. The summed E-state index contributed by atoms with van der Waals surface area (Å²) in [5, 5.41) is 14.1. The number of hydrogen-bond acceptors (Lipinski definition) is 6. The average molecular weight is 333 g/mol. The Bertz CT molecular complexity index is 650. The van der Waals surface area contributed by atoms with Crippen molar-refractivity contribution >= 4 is 22.0 Å². The van der Waals surface area contributed by atoms with Gasteiger partial charge in [-0.15, -0.1) is 0 Å². The van der Waals surface area contributed by atoms with E-state index in [0.29, 0.717) is 0 Å². The minimum Gasteiger partial charge on any atom is -0.481 e. The van der Waals surface area contributed by atoms with Crippen LogP contribution < -0.4 is 4.72 Å². The van der Waals surface area contributed by atoms with Gasteiger partial charge >= 0.3 is 11.9 Å². The van der Waals surface area contributed by atoms with Crippen molar-refractivity contribution in [3.05, 3.63) is 11.8 Å². The fourth-order valence-corrected chi connectivity index (χ4v) is 3.25. The summed E-state index contributed by atoms with van der Waals surface area (Å²) in [6.07, 6.45) is 0.963. The van der Waals surface area contributed by atoms with Crippen LogP contribution >= 0.6 is 0 Å². The summed E-state index contributed by atoms with van der Waals surface area (Å²) in [4.78, 5) is 22.3. The Morgan fingerprint density at radius 2 is 2.09 bits per heavy atom. The molecule has 10 heteroatoms. The van der Waals surface area contributed by atoms with Gasteiger partial charge in [-0.25, -0.2) is 17.9 Å². The molecule has 22 heavy (non-hydrogen) atoms. The molecule has 0 fully saturated rings. The molecule has 0 radical (unpaired) electrons. The lowest BCUT2D eigenvalue weighted by atomic mass is 10.0. The van der Waals surface area contributed by atoms with Gasteiger partial charge in [0.05, 0.1) is 12.8 Å². The molecule has 0 saturated heterocycles. The number of aromatic amines is 1. The van der Waals surface area contributed by atoms with E-state index in [-0.39, 0.29) is 25.0 Å². The lowest BCUT2D eigenvalue weighted by molar-refractivity contribution is -0.137. The van der Waals surface area contributed by atoms with Gasteiger partial charge in [-0.2, -0.15) is 5.10 Å². The van der Waals surface area contributed by atoms with Gasteiger partial charge in [0, 0.05) is 12.0 Å². The molecule has 0 saturated carbocycles. The maximum atomic E-state index is 12.3. The first kappa shape index (κ1) is 18.1. The summed E-state index contributed by atoms with van der Waals surface area (Å²) in [6, 6.07) is 0. The molecule has 1 aromatic rings. The molecule has 1 rings (SSSR count). The Labute approximate surface area is 128 Å². The molecule has 3 N–H and O–H groups in total. The molecule has 0 aromatic carbocycles. The molecule has 0 aliphatic rings. The third-order valence-electron chi connectivity index (χ3n) is 2.74. The maximum Gasteiger partial charge on any atom is 0.342 e. The number of carboxylic acid groups (broad SMARTS) is 1. The first-order valence-corrected chi connectivity index (χ1v) is 8.03. The van der Waals surface area contributed by atoms with E-state index in [1.54, 1.807) is 20.8 Å². The molecule has 0 bridgehead atoms. The van der Waals surface area contributed by atoms with Crippen LogP contribution in [0.25, 0.3) is 0 Å². The molecular formula is C12H19N3O6S. The van der Waals surface area contributed by atoms with Gasteiger partial charge < -0.3 is 9.84 Å². The number of H-pyrrole nitrogens is 1. The van der Waals surface area contributed by atoms with Crippen LogP contribution in [0, 0.1) is 0 Å². The Balaban J connectivity index is 2.98. The molecule has 0 amide bonds. The number of rotatable bonds is 8. The van der Waals surface area contributed by atoms with Crippen LogP contribution in [0.15, 0.2) is 11.2 Å². The zero-order valence-corrected chi connectivity index (χ0v) is 13.4. The predicted octanol–water partition coefficient (Wildman–Crippen LogP) is 0.508. The molecule has 9 nitrogen and oxygen atoms in total. The first-order chi connectivity index (χ1) is 10.1. The summed E-state index contributed by atoms with van der Waals surface area (Å²) >= 11 is 0. The van der Waals surface area contributed by atoms with E-state index in [9.17, 15) is 18.0 Å². The van der Waals surface area contributed by atoms with Crippen molar-refractivity contribution in [2.24, 2.45) is 0 Å². The number of ether oxygens (including phenoxy) is 1. The van der Waals surface area contributed by atoms with Gasteiger partial charge in [0.2, 0.25) is 0 Å². The number of carbonyl (C=O) groups is 2. The van der Waals surface area contributed by atoms with E-state index in [2.05, 4.69) is 14.9 Å². The number of carbonyl (C=O) groups excluding carboxylic acids is 1. The van der Waals surface area contributed by atoms with Crippen molar-refractivity contribution in [2.75, 3.05) is 6.61 Å². The van der Waals surface area contributed by atoms with E-state index >= 15 is 0 Å². The van der Waals surface area contributed by atoms with Crippen molar-refractivity contribution in [3.8, 4) is 0 Å². The minimum absolute atomic E-state index is 0.0877. The van der Waals surface area contributed by atoms with Gasteiger partial charge in [0.1, 0.15) is 5.56 Å². The highest BCUT2D eigenvalue weighted by molar-refractivity contribution is 7.89. The number of hydrogen-bond donors (Lipinski definition) is 3. The highest BCUT2D eigenvalue weighted by Crippen LogP contribution is 2.19. The quantitative estimate of drug-likeness (QED) is 0.589. The summed E-state index contributed by atoms with van der Waals surface area (Å²) in [7, 11) is -4.08. The Morgan fingerprint density at radius 3 is 2.64 bits per heavy atom. The topological polar surface area (TPSA) is 138 Å². The van der Waals surface area contributed by atoms with Crippen molar-refractivity contribution in [2.45, 2.75) is 44.2 Å². The second-order valence-electron chi connectivity index (χ2n) is 5.22.